The van der Waals surface area contributed by atoms with Crippen LogP contribution in [0.2, 0.25) is 0 Å². The van der Waals surface area contributed by atoms with Crippen LogP contribution in [0.5, 0.6) is 0 Å². The Morgan fingerprint density at radius 2 is 1.65 bits per heavy atom. The number of piperazine rings is 1. The predicted octanol–water partition coefficient (Wildman–Crippen LogP) is -0.0962. The largest absolute Gasteiger partial charge is 0.308 e. The van der Waals surface area contributed by atoms with E-state index in [-0.39, 0.29) is 5.25 Å². The van der Waals surface area contributed by atoms with Crippen LogP contribution in [-0.2, 0) is 10.0 Å². The third-order valence-corrected chi connectivity index (χ3v) is 5.43. The zero-order valence-corrected chi connectivity index (χ0v) is 12.2. The minimum Gasteiger partial charge on any atom is -0.308 e. The molecule has 0 N–H and O–H groups in total. The van der Waals surface area contributed by atoms with Crippen LogP contribution in [-0.4, -0.2) is 81.1 Å². The van der Waals surface area contributed by atoms with Crippen molar-refractivity contribution in [2.24, 2.45) is 0 Å². The van der Waals surface area contributed by atoms with Crippen LogP contribution >= 0.6 is 0 Å². The molecule has 6 heteroatoms. The van der Waals surface area contributed by atoms with Gasteiger partial charge in [0.1, 0.15) is 0 Å². The average molecular weight is 263 g/mol. The van der Waals surface area contributed by atoms with E-state index in [1.807, 2.05) is 0 Å². The number of nitrogens with zero attached hydrogens (tertiary/aromatic N) is 3. The van der Waals surface area contributed by atoms with Crippen molar-refractivity contribution in [1.82, 2.24) is 14.1 Å². The van der Waals surface area contributed by atoms with E-state index in [2.05, 4.69) is 23.9 Å². The summed E-state index contributed by atoms with van der Waals surface area (Å²) in [6.07, 6.45) is 0. The fourth-order valence-corrected chi connectivity index (χ4v) is 3.12. The SMILES string of the molecule is CC(C)S(=O)(=O)N1CCN(CCN(C)C)CC1. The topological polar surface area (TPSA) is 43.9 Å². The lowest BCUT2D eigenvalue weighted by molar-refractivity contribution is 0.174. The van der Waals surface area contributed by atoms with Crippen LogP contribution in [0.15, 0.2) is 0 Å². The zero-order valence-electron chi connectivity index (χ0n) is 11.4. The van der Waals surface area contributed by atoms with E-state index >= 15 is 0 Å². The van der Waals surface area contributed by atoms with Crippen molar-refractivity contribution in [2.45, 2.75) is 19.1 Å². The van der Waals surface area contributed by atoms with Gasteiger partial charge in [0.15, 0.2) is 0 Å². The minimum absolute atomic E-state index is 0.309. The molecule has 0 spiro atoms. The van der Waals surface area contributed by atoms with Crippen molar-refractivity contribution in [3.63, 3.8) is 0 Å². The van der Waals surface area contributed by atoms with Gasteiger partial charge in [-0.25, -0.2) is 8.42 Å². The van der Waals surface area contributed by atoms with Crippen molar-refractivity contribution in [1.29, 1.82) is 0 Å². The molecule has 0 atom stereocenters. The molecule has 0 amide bonds. The summed E-state index contributed by atoms with van der Waals surface area (Å²) in [5.41, 5.74) is 0. The molecule has 0 radical (unpaired) electrons. The van der Waals surface area contributed by atoms with Crippen molar-refractivity contribution < 1.29 is 8.42 Å². The second-order valence-electron chi connectivity index (χ2n) is 5.14. The molecule has 17 heavy (non-hydrogen) atoms. The summed E-state index contributed by atoms with van der Waals surface area (Å²) in [4.78, 5) is 4.48. The first kappa shape index (κ1) is 14.9. The van der Waals surface area contributed by atoms with Crippen LogP contribution in [0.4, 0.5) is 0 Å². The van der Waals surface area contributed by atoms with E-state index in [1.54, 1.807) is 18.2 Å². The molecule has 1 fully saturated rings. The van der Waals surface area contributed by atoms with Crippen molar-refractivity contribution in [3.05, 3.63) is 0 Å². The summed E-state index contributed by atoms with van der Waals surface area (Å²) in [6.45, 7) is 8.49. The molecular weight excluding hydrogens is 238 g/mol. The first-order valence-electron chi connectivity index (χ1n) is 6.20. The summed E-state index contributed by atoms with van der Waals surface area (Å²) in [6, 6.07) is 0. The number of likely N-dealkylation sites (N-methyl/N-ethyl adjacent to an activating group) is 1. The summed E-state index contributed by atoms with van der Waals surface area (Å²) in [7, 11) is 1.05. The molecule has 1 saturated heterocycles. The van der Waals surface area contributed by atoms with Gasteiger partial charge in [-0.1, -0.05) is 0 Å². The Bertz CT molecular complexity index is 320. The summed E-state index contributed by atoms with van der Waals surface area (Å²) in [5.74, 6) is 0. The van der Waals surface area contributed by atoms with Gasteiger partial charge < -0.3 is 4.90 Å². The van der Waals surface area contributed by atoms with Crippen molar-refractivity contribution in [2.75, 3.05) is 53.4 Å². The molecule has 102 valence electrons. The summed E-state index contributed by atoms with van der Waals surface area (Å²) >= 11 is 0. The zero-order chi connectivity index (χ0) is 13.1. The Hall–Kier alpha value is -0.170. The highest BCUT2D eigenvalue weighted by Crippen LogP contribution is 2.11. The molecule has 0 aromatic rings. The quantitative estimate of drug-likeness (QED) is 0.695. The Morgan fingerprint density at radius 3 is 2.06 bits per heavy atom. The van der Waals surface area contributed by atoms with Gasteiger partial charge in [0.25, 0.3) is 0 Å². The molecule has 1 rings (SSSR count). The van der Waals surface area contributed by atoms with Gasteiger partial charge in [-0.2, -0.15) is 4.31 Å². The van der Waals surface area contributed by atoms with Gasteiger partial charge in [0, 0.05) is 39.3 Å². The van der Waals surface area contributed by atoms with Gasteiger partial charge in [-0.05, 0) is 27.9 Å². The Kier molecular flexibility index (Phi) is 5.37. The predicted molar refractivity (Wildman–Crippen MR) is 70.6 cm³/mol. The van der Waals surface area contributed by atoms with Gasteiger partial charge in [-0.15, -0.1) is 0 Å². The van der Waals surface area contributed by atoms with Crippen LogP contribution in [0.3, 0.4) is 0 Å². The number of sulfonamides is 1. The summed E-state index contributed by atoms with van der Waals surface area (Å²) in [5, 5.41) is -0.309. The molecule has 0 aromatic carbocycles. The molecule has 0 bridgehead atoms. The van der Waals surface area contributed by atoms with E-state index in [0.29, 0.717) is 13.1 Å². The van der Waals surface area contributed by atoms with E-state index in [0.717, 1.165) is 26.2 Å². The molecule has 5 nitrogen and oxygen atoms in total. The van der Waals surface area contributed by atoms with Crippen molar-refractivity contribution >= 4 is 10.0 Å². The van der Waals surface area contributed by atoms with Crippen LogP contribution in [0, 0.1) is 0 Å². The Labute approximate surface area is 105 Å². The fraction of sp³-hybridized carbons (Fsp3) is 1.00. The smallest absolute Gasteiger partial charge is 0.216 e. The molecule has 0 aromatic heterocycles. The molecular formula is C11H25N3O2S. The fourth-order valence-electron chi connectivity index (χ4n) is 1.85. The molecule has 1 aliphatic rings. The number of hydrogen-bond acceptors (Lipinski definition) is 4. The van der Waals surface area contributed by atoms with Gasteiger partial charge in [0.2, 0.25) is 10.0 Å². The van der Waals surface area contributed by atoms with Crippen molar-refractivity contribution in [3.8, 4) is 0 Å². The number of hydrogen-bond donors (Lipinski definition) is 0. The molecule has 0 saturated carbocycles. The monoisotopic (exact) mass is 263 g/mol. The third kappa shape index (κ3) is 4.21. The lowest BCUT2D eigenvalue weighted by Crippen LogP contribution is -2.51. The molecule has 0 aliphatic carbocycles. The standard InChI is InChI=1S/C11H25N3O2S/c1-11(2)17(15,16)14-9-7-13(8-10-14)6-5-12(3)4/h11H,5-10H2,1-4H3. The van der Waals surface area contributed by atoms with E-state index < -0.39 is 10.0 Å². The third-order valence-electron chi connectivity index (χ3n) is 3.15. The Balaban J connectivity index is 2.41. The number of rotatable bonds is 5. The van der Waals surface area contributed by atoms with E-state index in [9.17, 15) is 8.42 Å². The maximum absolute atomic E-state index is 12.0. The second kappa shape index (κ2) is 6.13. The maximum Gasteiger partial charge on any atom is 0.216 e. The van der Waals surface area contributed by atoms with Gasteiger partial charge in [0.05, 0.1) is 5.25 Å². The second-order valence-corrected chi connectivity index (χ2v) is 7.63. The highest BCUT2D eigenvalue weighted by atomic mass is 32.2. The van der Waals surface area contributed by atoms with Crippen LogP contribution in [0.1, 0.15) is 13.8 Å². The minimum atomic E-state index is -3.06. The lowest BCUT2D eigenvalue weighted by Gasteiger charge is -2.35. The highest BCUT2D eigenvalue weighted by Gasteiger charge is 2.28. The van der Waals surface area contributed by atoms with E-state index in [4.69, 9.17) is 0 Å². The molecule has 1 aliphatic heterocycles. The highest BCUT2D eigenvalue weighted by molar-refractivity contribution is 7.89. The average Bonchev–Trinajstić information content (AvgIpc) is 2.26. The lowest BCUT2D eigenvalue weighted by atomic mass is 10.3. The molecule has 0 unspecified atom stereocenters. The van der Waals surface area contributed by atoms with Crippen LogP contribution in [0.25, 0.3) is 0 Å². The first-order chi connectivity index (χ1) is 7.84. The first-order valence-corrected chi connectivity index (χ1v) is 7.70. The van der Waals surface area contributed by atoms with Crippen LogP contribution < -0.4 is 0 Å². The molecule has 1 heterocycles. The van der Waals surface area contributed by atoms with Gasteiger partial charge in [-0.3, -0.25) is 4.90 Å². The normalized spacial score (nSPS) is 20.4. The van der Waals surface area contributed by atoms with Gasteiger partial charge >= 0.3 is 0 Å². The maximum atomic E-state index is 12.0. The summed E-state index contributed by atoms with van der Waals surface area (Å²) < 4.78 is 25.5. The Morgan fingerprint density at radius 1 is 1.12 bits per heavy atom. The van der Waals surface area contributed by atoms with E-state index in [1.165, 1.54) is 0 Å².